The number of rotatable bonds is 10. The Morgan fingerprint density at radius 3 is 2.92 bits per heavy atom. The summed E-state index contributed by atoms with van der Waals surface area (Å²) in [5, 5.41) is 0. The van der Waals surface area contributed by atoms with E-state index in [4.69, 9.17) is 0 Å². The number of hydrogen-bond acceptors (Lipinski definition) is 3. The fourth-order valence-electron chi connectivity index (χ4n) is 3.73. The van der Waals surface area contributed by atoms with Crippen molar-refractivity contribution in [1.29, 1.82) is 0 Å². The molecular weight excluding hydrogens is 326 g/mol. The molecule has 0 saturated carbocycles. The van der Waals surface area contributed by atoms with Gasteiger partial charge in [0.25, 0.3) is 0 Å². The number of allylic oxidation sites excluding steroid dienone is 2. The van der Waals surface area contributed by atoms with Crippen molar-refractivity contribution in [2.75, 3.05) is 6.54 Å². The maximum Gasteiger partial charge on any atom is 0.160 e. The van der Waals surface area contributed by atoms with Crippen LogP contribution in [-0.2, 0) is 6.42 Å². The third-order valence-corrected chi connectivity index (χ3v) is 6.55. The van der Waals surface area contributed by atoms with Crippen LogP contribution >= 0.6 is 11.3 Å². The molecule has 1 fully saturated rings. The summed E-state index contributed by atoms with van der Waals surface area (Å²) >= 11 is 1.62. The Morgan fingerprint density at radius 1 is 1.44 bits per heavy atom. The van der Waals surface area contributed by atoms with Crippen LogP contribution in [0.3, 0.4) is 0 Å². The Bertz CT molecular complexity index is 601. The molecule has 0 radical (unpaired) electrons. The first kappa shape index (κ1) is 20.0. The highest BCUT2D eigenvalue weighted by molar-refractivity contribution is 7.13. The normalized spacial score (nSPS) is 19.5. The van der Waals surface area contributed by atoms with Gasteiger partial charge in [-0.2, -0.15) is 0 Å². The number of thiophene rings is 1. The highest BCUT2D eigenvalue weighted by atomic mass is 32.1. The molecule has 2 unspecified atom stereocenters. The van der Waals surface area contributed by atoms with Gasteiger partial charge in [0.15, 0.2) is 6.29 Å². The molecule has 1 aliphatic rings. The van der Waals surface area contributed by atoms with Crippen molar-refractivity contribution in [3.8, 4) is 0 Å². The summed E-state index contributed by atoms with van der Waals surface area (Å²) in [5.41, 5.74) is 2.84. The number of aryl methyl sites for hydroxylation is 1. The zero-order valence-corrected chi connectivity index (χ0v) is 16.9. The van der Waals surface area contributed by atoms with E-state index in [1.807, 2.05) is 6.07 Å². The summed E-state index contributed by atoms with van der Waals surface area (Å²) < 4.78 is 0. The van der Waals surface area contributed by atoms with Gasteiger partial charge in [-0.05, 0) is 57.1 Å². The second kappa shape index (κ2) is 9.96. The summed E-state index contributed by atoms with van der Waals surface area (Å²) in [6, 6.07) is 4.62. The van der Waals surface area contributed by atoms with Crippen LogP contribution in [0.1, 0.15) is 73.8 Å². The number of likely N-dealkylation sites (tertiary alicyclic amines) is 1. The fourth-order valence-corrected chi connectivity index (χ4v) is 4.60. The van der Waals surface area contributed by atoms with Crippen molar-refractivity contribution >= 4 is 17.6 Å². The van der Waals surface area contributed by atoms with Gasteiger partial charge in [-0.3, -0.25) is 4.79 Å². The Balaban J connectivity index is 1.89. The van der Waals surface area contributed by atoms with E-state index in [1.54, 1.807) is 11.3 Å². The number of unbranched alkanes of at least 4 members (excludes halogenated alkanes) is 2. The Labute approximate surface area is 157 Å². The lowest BCUT2D eigenvalue weighted by Crippen LogP contribution is -2.34. The van der Waals surface area contributed by atoms with Gasteiger partial charge >= 0.3 is 0 Å². The van der Waals surface area contributed by atoms with Crippen molar-refractivity contribution in [1.82, 2.24) is 4.90 Å². The number of carbonyl (C=O) groups excluding carboxylic acids is 1. The van der Waals surface area contributed by atoms with Gasteiger partial charge in [-0.1, -0.05) is 44.9 Å². The monoisotopic (exact) mass is 359 g/mol. The van der Waals surface area contributed by atoms with Crippen LogP contribution in [0.25, 0.3) is 0 Å². The van der Waals surface area contributed by atoms with E-state index in [2.05, 4.69) is 44.4 Å². The molecule has 2 nitrogen and oxygen atoms in total. The lowest BCUT2D eigenvalue weighted by atomic mass is 9.91. The van der Waals surface area contributed by atoms with Crippen LogP contribution in [0.15, 0.2) is 36.1 Å². The van der Waals surface area contributed by atoms with Gasteiger partial charge in [-0.15, -0.1) is 11.3 Å². The van der Waals surface area contributed by atoms with Crippen molar-refractivity contribution in [2.45, 2.75) is 71.8 Å². The predicted molar refractivity (Wildman–Crippen MR) is 109 cm³/mol. The first-order valence-corrected chi connectivity index (χ1v) is 10.5. The van der Waals surface area contributed by atoms with Gasteiger partial charge in [0.05, 0.1) is 4.88 Å². The molecule has 0 amide bonds. The topological polar surface area (TPSA) is 20.3 Å². The molecule has 138 valence electrons. The van der Waals surface area contributed by atoms with Gasteiger partial charge in [0.2, 0.25) is 0 Å². The second-order valence-corrected chi connectivity index (χ2v) is 8.47. The SMILES string of the molecule is C=C1CCC(C(C)/C(C)=C/CCCC)N1CCCc1ccc(C=O)s1. The standard InChI is InChI=1S/C22H33NOS/c1-5-6-7-9-17(2)19(4)22-14-11-18(3)23(22)15-8-10-20-12-13-21(16-24)25-20/h9,12-13,16,19,22H,3,5-8,10-11,14-15H2,1-2,4H3/b17-9+. The minimum absolute atomic E-state index is 0.597. The Kier molecular flexibility index (Phi) is 7.95. The van der Waals surface area contributed by atoms with Crippen LogP contribution in [0.5, 0.6) is 0 Å². The van der Waals surface area contributed by atoms with Crippen LogP contribution < -0.4 is 0 Å². The third-order valence-electron chi connectivity index (χ3n) is 5.48. The maximum atomic E-state index is 10.8. The second-order valence-electron chi connectivity index (χ2n) is 7.27. The molecule has 0 bridgehead atoms. The first-order chi connectivity index (χ1) is 12.1. The molecule has 2 rings (SSSR count). The zero-order valence-electron chi connectivity index (χ0n) is 16.1. The van der Waals surface area contributed by atoms with E-state index in [1.165, 1.54) is 41.8 Å². The largest absolute Gasteiger partial charge is 0.372 e. The summed E-state index contributed by atoms with van der Waals surface area (Å²) in [5.74, 6) is 0.597. The number of hydrogen-bond donors (Lipinski definition) is 0. The number of aldehydes is 1. The van der Waals surface area contributed by atoms with Crippen molar-refractivity contribution in [2.24, 2.45) is 5.92 Å². The quantitative estimate of drug-likeness (QED) is 0.280. The van der Waals surface area contributed by atoms with Crippen LogP contribution in [0.2, 0.25) is 0 Å². The average Bonchev–Trinajstić information content (AvgIpc) is 3.21. The highest BCUT2D eigenvalue weighted by Crippen LogP contribution is 2.34. The van der Waals surface area contributed by atoms with Crippen molar-refractivity contribution < 1.29 is 4.79 Å². The summed E-state index contributed by atoms with van der Waals surface area (Å²) in [6.45, 7) is 12.3. The molecule has 2 heterocycles. The van der Waals surface area contributed by atoms with E-state index in [0.717, 1.165) is 37.0 Å². The molecule has 25 heavy (non-hydrogen) atoms. The lowest BCUT2D eigenvalue weighted by molar-refractivity contribution is 0.112. The molecule has 0 spiro atoms. The van der Waals surface area contributed by atoms with Crippen molar-refractivity contribution in [3.63, 3.8) is 0 Å². The smallest absolute Gasteiger partial charge is 0.160 e. The lowest BCUT2D eigenvalue weighted by Gasteiger charge is -2.32. The summed E-state index contributed by atoms with van der Waals surface area (Å²) in [4.78, 5) is 15.5. The van der Waals surface area contributed by atoms with E-state index in [9.17, 15) is 4.79 Å². The first-order valence-electron chi connectivity index (χ1n) is 9.71. The molecule has 0 aliphatic carbocycles. The number of carbonyl (C=O) groups is 1. The van der Waals surface area contributed by atoms with E-state index in [-0.39, 0.29) is 0 Å². The molecule has 1 aromatic rings. The Hall–Kier alpha value is -1.35. The summed E-state index contributed by atoms with van der Waals surface area (Å²) in [6.07, 6.45) is 11.7. The van der Waals surface area contributed by atoms with Crippen LogP contribution in [-0.4, -0.2) is 23.8 Å². The molecule has 0 aromatic carbocycles. The van der Waals surface area contributed by atoms with Gasteiger partial charge in [0.1, 0.15) is 0 Å². The summed E-state index contributed by atoms with van der Waals surface area (Å²) in [7, 11) is 0. The van der Waals surface area contributed by atoms with Crippen LogP contribution in [0.4, 0.5) is 0 Å². The average molecular weight is 360 g/mol. The predicted octanol–water partition coefficient (Wildman–Crippen LogP) is 6.24. The third kappa shape index (κ3) is 5.57. The van der Waals surface area contributed by atoms with Crippen molar-refractivity contribution in [3.05, 3.63) is 45.8 Å². The van der Waals surface area contributed by atoms with Gasteiger partial charge in [0, 0.05) is 23.2 Å². The molecular formula is C22H33NOS. The molecule has 2 atom stereocenters. The minimum atomic E-state index is 0.597. The van der Waals surface area contributed by atoms with E-state index in [0.29, 0.717) is 12.0 Å². The molecule has 1 aromatic heterocycles. The van der Waals surface area contributed by atoms with E-state index < -0.39 is 0 Å². The van der Waals surface area contributed by atoms with Gasteiger partial charge < -0.3 is 4.90 Å². The number of nitrogens with zero attached hydrogens (tertiary/aromatic N) is 1. The fraction of sp³-hybridized carbons (Fsp3) is 0.591. The minimum Gasteiger partial charge on any atom is -0.372 e. The van der Waals surface area contributed by atoms with Gasteiger partial charge in [-0.25, -0.2) is 0 Å². The Morgan fingerprint density at radius 2 is 2.24 bits per heavy atom. The molecule has 1 aliphatic heterocycles. The highest BCUT2D eigenvalue weighted by Gasteiger charge is 2.31. The van der Waals surface area contributed by atoms with Crippen LogP contribution in [0, 0.1) is 5.92 Å². The maximum absolute atomic E-state index is 10.8. The molecule has 1 saturated heterocycles. The van der Waals surface area contributed by atoms with E-state index >= 15 is 0 Å². The molecule has 0 N–H and O–H groups in total. The molecule has 3 heteroatoms. The zero-order chi connectivity index (χ0) is 18.2.